The van der Waals surface area contributed by atoms with Gasteiger partial charge in [0.2, 0.25) is 5.91 Å². The van der Waals surface area contributed by atoms with E-state index in [1.807, 2.05) is 35.7 Å². The molecule has 3 aromatic heterocycles. The fraction of sp³-hybridized carbons (Fsp3) is 0.167. The summed E-state index contributed by atoms with van der Waals surface area (Å²) < 4.78 is 7.33. The van der Waals surface area contributed by atoms with Crippen LogP contribution in [0.1, 0.15) is 27.3 Å². The van der Waals surface area contributed by atoms with E-state index in [-0.39, 0.29) is 30.8 Å². The van der Waals surface area contributed by atoms with Crippen LogP contribution in [0.25, 0.3) is 16.7 Å². The molecule has 142 valence electrons. The molecule has 4 rings (SSSR count). The predicted molar refractivity (Wildman–Crippen MR) is 109 cm³/mol. The fourth-order valence-corrected chi connectivity index (χ4v) is 3.01. The number of hydrogen-bond acceptors (Lipinski definition) is 5. The van der Waals surface area contributed by atoms with Crippen molar-refractivity contribution in [3.05, 3.63) is 59.0 Å². The van der Waals surface area contributed by atoms with E-state index >= 15 is 0 Å². The molecule has 0 atom stereocenters. The largest absolute Gasteiger partial charge is 0.424 e. The number of amides is 1. The zero-order valence-electron chi connectivity index (χ0n) is 14.5. The number of aryl methyl sites for hydroxylation is 3. The Morgan fingerprint density at radius 1 is 1.15 bits per heavy atom. The van der Waals surface area contributed by atoms with E-state index < -0.39 is 5.91 Å². The molecule has 1 aromatic carbocycles. The van der Waals surface area contributed by atoms with Gasteiger partial charge < -0.3 is 20.3 Å². The standard InChI is InChI=1S/C18H17N5O2.2ClH/c1-10-13(21-16-9-12(17(19)24)6-7-23(10)16)4-2-11-3-5-14-15(8-11)25-18(20)22-14;;/h3,5-9H,2,4H2,1H3,(H2,19,24)(H2,20,22);2*1H. The number of benzene rings is 1. The lowest BCUT2D eigenvalue weighted by molar-refractivity contribution is 0.1000. The van der Waals surface area contributed by atoms with E-state index in [0.717, 1.165) is 41.0 Å². The Balaban J connectivity index is 0.00000131. The van der Waals surface area contributed by atoms with Crippen molar-refractivity contribution in [1.82, 2.24) is 14.4 Å². The van der Waals surface area contributed by atoms with E-state index in [1.165, 1.54) is 0 Å². The van der Waals surface area contributed by atoms with Gasteiger partial charge in [0, 0.05) is 17.5 Å². The summed E-state index contributed by atoms with van der Waals surface area (Å²) in [5.41, 5.74) is 16.7. The van der Waals surface area contributed by atoms with Gasteiger partial charge in [-0.2, -0.15) is 4.98 Å². The smallest absolute Gasteiger partial charge is 0.292 e. The summed E-state index contributed by atoms with van der Waals surface area (Å²) in [5.74, 6) is -0.454. The molecule has 7 nitrogen and oxygen atoms in total. The van der Waals surface area contributed by atoms with Gasteiger partial charge in [-0.1, -0.05) is 6.07 Å². The van der Waals surface area contributed by atoms with E-state index in [1.54, 1.807) is 12.1 Å². The summed E-state index contributed by atoms with van der Waals surface area (Å²) in [5, 5.41) is 0. The number of aromatic nitrogens is 3. The molecule has 0 unspecified atom stereocenters. The summed E-state index contributed by atoms with van der Waals surface area (Å²) in [6, 6.07) is 9.46. The maximum absolute atomic E-state index is 11.3. The first-order valence-corrected chi connectivity index (χ1v) is 7.93. The number of nitrogens with zero attached hydrogens (tertiary/aromatic N) is 3. The predicted octanol–water partition coefficient (Wildman–Crippen LogP) is 3.09. The van der Waals surface area contributed by atoms with Gasteiger partial charge in [0.1, 0.15) is 11.2 Å². The topological polar surface area (TPSA) is 112 Å². The summed E-state index contributed by atoms with van der Waals surface area (Å²) in [4.78, 5) is 20.1. The Bertz CT molecular complexity index is 1120. The SMILES string of the molecule is Cc1c(CCc2ccc3nc(N)oc3c2)nc2cc(C(N)=O)ccn12.Cl.Cl. The third-order valence-electron chi connectivity index (χ3n) is 4.37. The van der Waals surface area contributed by atoms with Crippen molar-refractivity contribution in [2.75, 3.05) is 5.73 Å². The monoisotopic (exact) mass is 407 g/mol. The van der Waals surface area contributed by atoms with Gasteiger partial charge in [0.25, 0.3) is 6.01 Å². The summed E-state index contributed by atoms with van der Waals surface area (Å²) >= 11 is 0. The molecule has 0 aliphatic heterocycles. The number of halogens is 2. The minimum absolute atomic E-state index is 0. The molecule has 4 aromatic rings. The Kier molecular flexibility index (Phi) is 5.98. The van der Waals surface area contributed by atoms with E-state index in [2.05, 4.69) is 9.97 Å². The molecule has 0 aliphatic carbocycles. The van der Waals surface area contributed by atoms with Crippen molar-refractivity contribution >= 4 is 53.5 Å². The normalized spacial score (nSPS) is 10.6. The number of anilines is 1. The molecule has 4 N–H and O–H groups in total. The molecule has 0 bridgehead atoms. The Labute approximate surface area is 167 Å². The minimum atomic E-state index is -0.454. The maximum Gasteiger partial charge on any atom is 0.292 e. The molecule has 0 saturated carbocycles. The van der Waals surface area contributed by atoms with Gasteiger partial charge in [0.15, 0.2) is 5.58 Å². The number of imidazole rings is 1. The van der Waals surface area contributed by atoms with Crippen molar-refractivity contribution in [3.63, 3.8) is 0 Å². The number of hydrogen-bond donors (Lipinski definition) is 2. The van der Waals surface area contributed by atoms with Crippen LogP contribution in [0.15, 0.2) is 40.9 Å². The Morgan fingerprint density at radius 2 is 1.93 bits per heavy atom. The highest BCUT2D eigenvalue weighted by Crippen LogP contribution is 2.20. The Morgan fingerprint density at radius 3 is 2.67 bits per heavy atom. The molecular formula is C18H19Cl2N5O2. The molecule has 0 aliphatic rings. The summed E-state index contributed by atoms with van der Waals surface area (Å²) in [6.07, 6.45) is 3.41. The highest BCUT2D eigenvalue weighted by molar-refractivity contribution is 5.93. The second-order valence-corrected chi connectivity index (χ2v) is 6.01. The van der Waals surface area contributed by atoms with Crippen molar-refractivity contribution < 1.29 is 9.21 Å². The van der Waals surface area contributed by atoms with Gasteiger partial charge in [-0.3, -0.25) is 4.79 Å². The van der Waals surface area contributed by atoms with Crippen molar-refractivity contribution in [2.24, 2.45) is 5.73 Å². The number of nitrogen functional groups attached to an aromatic ring is 1. The molecule has 1 amide bonds. The number of nitrogens with two attached hydrogens (primary N) is 2. The number of fused-ring (bicyclic) bond motifs is 2. The van der Waals surface area contributed by atoms with Crippen LogP contribution in [0.3, 0.4) is 0 Å². The molecular weight excluding hydrogens is 389 g/mol. The first-order valence-electron chi connectivity index (χ1n) is 7.93. The van der Waals surface area contributed by atoms with E-state index in [4.69, 9.17) is 15.9 Å². The van der Waals surface area contributed by atoms with E-state index in [9.17, 15) is 4.79 Å². The van der Waals surface area contributed by atoms with Crippen molar-refractivity contribution in [2.45, 2.75) is 19.8 Å². The second kappa shape index (κ2) is 7.85. The highest BCUT2D eigenvalue weighted by Gasteiger charge is 2.11. The number of primary amides is 1. The van der Waals surface area contributed by atoms with Crippen LogP contribution in [-0.4, -0.2) is 20.3 Å². The van der Waals surface area contributed by atoms with Crippen LogP contribution in [0, 0.1) is 6.92 Å². The van der Waals surface area contributed by atoms with Gasteiger partial charge in [-0.15, -0.1) is 24.8 Å². The van der Waals surface area contributed by atoms with Crippen LogP contribution < -0.4 is 11.5 Å². The lowest BCUT2D eigenvalue weighted by atomic mass is 10.1. The fourth-order valence-electron chi connectivity index (χ4n) is 3.01. The zero-order chi connectivity index (χ0) is 17.6. The van der Waals surface area contributed by atoms with Crippen molar-refractivity contribution in [3.8, 4) is 0 Å². The number of oxazole rings is 1. The number of pyridine rings is 1. The summed E-state index contributed by atoms with van der Waals surface area (Å²) in [6.45, 7) is 2.01. The van der Waals surface area contributed by atoms with Gasteiger partial charge in [-0.05, 0) is 49.6 Å². The number of carbonyl (C=O) groups is 1. The van der Waals surface area contributed by atoms with Gasteiger partial charge >= 0.3 is 0 Å². The average Bonchev–Trinajstić information content (AvgIpc) is 3.11. The van der Waals surface area contributed by atoms with E-state index in [0.29, 0.717) is 11.1 Å². The maximum atomic E-state index is 11.3. The van der Waals surface area contributed by atoms with Gasteiger partial charge in [-0.25, -0.2) is 4.98 Å². The molecule has 0 radical (unpaired) electrons. The quantitative estimate of drug-likeness (QED) is 0.539. The first-order chi connectivity index (χ1) is 12.0. The number of rotatable bonds is 4. The molecule has 0 spiro atoms. The molecule has 27 heavy (non-hydrogen) atoms. The van der Waals surface area contributed by atoms with Gasteiger partial charge in [0.05, 0.1) is 5.69 Å². The lowest BCUT2D eigenvalue weighted by Crippen LogP contribution is -2.11. The summed E-state index contributed by atoms with van der Waals surface area (Å²) in [7, 11) is 0. The Hall–Kier alpha value is -2.77. The molecule has 3 heterocycles. The zero-order valence-corrected chi connectivity index (χ0v) is 16.1. The third-order valence-corrected chi connectivity index (χ3v) is 4.37. The molecule has 9 heteroatoms. The number of carbonyl (C=O) groups excluding carboxylic acids is 1. The first kappa shape index (κ1) is 20.5. The van der Waals surface area contributed by atoms with Crippen LogP contribution in [0.2, 0.25) is 0 Å². The van der Waals surface area contributed by atoms with Crippen LogP contribution >= 0.6 is 24.8 Å². The van der Waals surface area contributed by atoms with Crippen molar-refractivity contribution in [1.29, 1.82) is 0 Å². The third kappa shape index (κ3) is 3.84. The molecule has 0 saturated heterocycles. The average molecular weight is 408 g/mol. The van der Waals surface area contributed by atoms with Crippen LogP contribution in [0.4, 0.5) is 6.01 Å². The second-order valence-electron chi connectivity index (χ2n) is 6.01. The molecule has 0 fully saturated rings. The van der Waals surface area contributed by atoms with Crippen LogP contribution in [-0.2, 0) is 12.8 Å². The highest BCUT2D eigenvalue weighted by atomic mass is 35.5. The minimum Gasteiger partial charge on any atom is -0.424 e. The lowest BCUT2D eigenvalue weighted by Gasteiger charge is -2.01. The van der Waals surface area contributed by atoms with Crippen LogP contribution in [0.5, 0.6) is 0 Å².